The van der Waals surface area contributed by atoms with E-state index in [1.165, 1.54) is 22.5 Å². The van der Waals surface area contributed by atoms with Gasteiger partial charge in [0.25, 0.3) is 0 Å². The standard InChI is InChI=1S/C20H21N3OS/c1-3-14-8-7-9-15(4-2)19(14)23-18(24)12-16-13-25-20(22-16)17-10-5-6-11-21-17/h5-11,13H,3-4,12H2,1-2H3,(H,23,24). The minimum absolute atomic E-state index is 0.0338. The number of hydrogen-bond donors (Lipinski definition) is 1. The monoisotopic (exact) mass is 351 g/mol. The highest BCUT2D eigenvalue weighted by molar-refractivity contribution is 7.13. The highest BCUT2D eigenvalue weighted by atomic mass is 32.1. The van der Waals surface area contributed by atoms with E-state index in [-0.39, 0.29) is 12.3 Å². The van der Waals surface area contributed by atoms with Gasteiger partial charge in [-0.3, -0.25) is 9.78 Å². The van der Waals surface area contributed by atoms with Crippen LogP contribution in [0.4, 0.5) is 5.69 Å². The number of amides is 1. The summed E-state index contributed by atoms with van der Waals surface area (Å²) in [5.41, 5.74) is 4.90. The molecule has 3 aromatic rings. The molecule has 0 radical (unpaired) electrons. The largest absolute Gasteiger partial charge is 0.325 e. The van der Waals surface area contributed by atoms with E-state index in [1.54, 1.807) is 6.20 Å². The number of aromatic nitrogens is 2. The first kappa shape index (κ1) is 17.3. The fourth-order valence-electron chi connectivity index (χ4n) is 2.75. The van der Waals surface area contributed by atoms with Crippen molar-refractivity contribution in [3.8, 4) is 10.7 Å². The zero-order valence-corrected chi connectivity index (χ0v) is 15.3. The third-order valence-corrected chi connectivity index (χ3v) is 4.95. The van der Waals surface area contributed by atoms with Crippen molar-refractivity contribution in [3.63, 3.8) is 0 Å². The third-order valence-electron chi connectivity index (χ3n) is 4.04. The van der Waals surface area contributed by atoms with Gasteiger partial charge < -0.3 is 5.32 Å². The maximum atomic E-state index is 12.5. The van der Waals surface area contributed by atoms with Crippen molar-refractivity contribution in [2.75, 3.05) is 5.32 Å². The number of aryl methyl sites for hydroxylation is 2. The van der Waals surface area contributed by atoms with Crippen LogP contribution in [0.2, 0.25) is 0 Å². The number of thiazole rings is 1. The summed E-state index contributed by atoms with van der Waals surface area (Å²) in [6.45, 7) is 4.20. The second-order valence-electron chi connectivity index (χ2n) is 5.74. The Labute approximate surface area is 152 Å². The quantitative estimate of drug-likeness (QED) is 0.711. The lowest BCUT2D eigenvalue weighted by Gasteiger charge is -2.14. The molecule has 4 nitrogen and oxygen atoms in total. The molecular weight excluding hydrogens is 330 g/mol. The number of anilines is 1. The summed E-state index contributed by atoms with van der Waals surface area (Å²) in [7, 11) is 0. The Hall–Kier alpha value is -2.53. The summed E-state index contributed by atoms with van der Waals surface area (Å²) in [6, 6.07) is 11.9. The number of rotatable bonds is 6. The Bertz CT molecular complexity index is 836. The van der Waals surface area contributed by atoms with Gasteiger partial charge in [0.1, 0.15) is 5.01 Å². The van der Waals surface area contributed by atoms with Crippen LogP contribution in [0.5, 0.6) is 0 Å². The Balaban J connectivity index is 1.73. The van der Waals surface area contributed by atoms with Gasteiger partial charge in [0.2, 0.25) is 5.91 Å². The fourth-order valence-corrected chi connectivity index (χ4v) is 3.54. The zero-order chi connectivity index (χ0) is 17.6. The van der Waals surface area contributed by atoms with Crippen LogP contribution in [0.3, 0.4) is 0 Å². The lowest BCUT2D eigenvalue weighted by molar-refractivity contribution is -0.115. The van der Waals surface area contributed by atoms with E-state index in [1.807, 2.05) is 29.6 Å². The van der Waals surface area contributed by atoms with E-state index in [4.69, 9.17) is 0 Å². The molecule has 3 rings (SSSR count). The molecule has 2 aromatic heterocycles. The van der Waals surface area contributed by atoms with Crippen LogP contribution in [0.15, 0.2) is 48.0 Å². The predicted molar refractivity (Wildman–Crippen MR) is 103 cm³/mol. The second-order valence-corrected chi connectivity index (χ2v) is 6.60. The summed E-state index contributed by atoms with van der Waals surface area (Å²) in [5.74, 6) is -0.0338. The van der Waals surface area contributed by atoms with Gasteiger partial charge >= 0.3 is 0 Å². The summed E-state index contributed by atoms with van der Waals surface area (Å²) in [4.78, 5) is 21.3. The lowest BCUT2D eigenvalue weighted by atomic mass is 10.0. The van der Waals surface area contributed by atoms with Crippen LogP contribution < -0.4 is 5.32 Å². The molecule has 0 fully saturated rings. The van der Waals surface area contributed by atoms with Crippen LogP contribution in [0.1, 0.15) is 30.7 Å². The number of carbonyl (C=O) groups is 1. The summed E-state index contributed by atoms with van der Waals surface area (Å²) < 4.78 is 0. The van der Waals surface area contributed by atoms with Gasteiger partial charge in [0, 0.05) is 17.3 Å². The number of benzene rings is 1. The van der Waals surface area contributed by atoms with Crippen molar-refractivity contribution in [3.05, 3.63) is 64.8 Å². The van der Waals surface area contributed by atoms with Gasteiger partial charge in [-0.25, -0.2) is 4.98 Å². The predicted octanol–water partition coefficient (Wildman–Crippen LogP) is 4.51. The van der Waals surface area contributed by atoms with Crippen LogP contribution in [-0.4, -0.2) is 15.9 Å². The van der Waals surface area contributed by atoms with Gasteiger partial charge in [0.15, 0.2) is 0 Å². The number of hydrogen-bond acceptors (Lipinski definition) is 4. The fraction of sp³-hybridized carbons (Fsp3) is 0.250. The molecule has 0 aliphatic heterocycles. The first-order chi connectivity index (χ1) is 12.2. The molecule has 2 heterocycles. The Morgan fingerprint density at radius 3 is 2.48 bits per heavy atom. The van der Waals surface area contributed by atoms with E-state index >= 15 is 0 Å². The van der Waals surface area contributed by atoms with E-state index in [0.29, 0.717) is 0 Å². The molecule has 0 atom stereocenters. The minimum Gasteiger partial charge on any atom is -0.325 e. The summed E-state index contributed by atoms with van der Waals surface area (Å²) in [5, 5.41) is 5.85. The maximum Gasteiger partial charge on any atom is 0.230 e. The summed E-state index contributed by atoms with van der Waals surface area (Å²) in [6.07, 6.45) is 3.80. The van der Waals surface area contributed by atoms with Gasteiger partial charge in [-0.15, -0.1) is 11.3 Å². The van der Waals surface area contributed by atoms with Gasteiger partial charge in [-0.2, -0.15) is 0 Å². The molecular formula is C20H21N3OS. The smallest absolute Gasteiger partial charge is 0.230 e. The lowest BCUT2D eigenvalue weighted by Crippen LogP contribution is -2.17. The average Bonchev–Trinajstić information content (AvgIpc) is 3.11. The average molecular weight is 351 g/mol. The van der Waals surface area contributed by atoms with Crippen molar-refractivity contribution in [2.24, 2.45) is 0 Å². The first-order valence-electron chi connectivity index (χ1n) is 8.47. The molecule has 5 heteroatoms. The molecule has 0 unspecified atom stereocenters. The molecule has 1 aromatic carbocycles. The van der Waals surface area contributed by atoms with E-state index in [0.717, 1.165) is 34.9 Å². The van der Waals surface area contributed by atoms with E-state index in [9.17, 15) is 4.79 Å². The highest BCUT2D eigenvalue weighted by Crippen LogP contribution is 2.24. The van der Waals surface area contributed by atoms with Crippen LogP contribution >= 0.6 is 11.3 Å². The normalized spacial score (nSPS) is 10.6. The van der Waals surface area contributed by atoms with Gasteiger partial charge in [-0.1, -0.05) is 38.1 Å². The highest BCUT2D eigenvalue weighted by Gasteiger charge is 2.13. The number of pyridine rings is 1. The van der Waals surface area contributed by atoms with Crippen molar-refractivity contribution >= 4 is 22.9 Å². The van der Waals surface area contributed by atoms with Gasteiger partial charge in [0.05, 0.1) is 17.8 Å². The number of para-hydroxylation sites is 1. The molecule has 25 heavy (non-hydrogen) atoms. The first-order valence-corrected chi connectivity index (χ1v) is 9.35. The third kappa shape index (κ3) is 4.12. The topological polar surface area (TPSA) is 54.9 Å². The molecule has 0 saturated heterocycles. The van der Waals surface area contributed by atoms with E-state index in [2.05, 4.69) is 41.3 Å². The zero-order valence-electron chi connectivity index (χ0n) is 14.5. The SMILES string of the molecule is CCc1cccc(CC)c1NC(=O)Cc1csc(-c2ccccn2)n1. The molecule has 0 saturated carbocycles. The number of nitrogens with zero attached hydrogens (tertiary/aromatic N) is 2. The molecule has 128 valence electrons. The Kier molecular flexibility index (Phi) is 5.56. The Morgan fingerprint density at radius 2 is 1.84 bits per heavy atom. The molecule has 1 amide bonds. The van der Waals surface area contributed by atoms with Crippen LogP contribution in [0, 0.1) is 0 Å². The van der Waals surface area contributed by atoms with Gasteiger partial charge in [-0.05, 0) is 36.1 Å². The van der Waals surface area contributed by atoms with Crippen molar-refractivity contribution in [1.29, 1.82) is 0 Å². The second kappa shape index (κ2) is 8.03. The molecule has 0 spiro atoms. The summed E-state index contributed by atoms with van der Waals surface area (Å²) >= 11 is 1.51. The van der Waals surface area contributed by atoms with Crippen LogP contribution in [-0.2, 0) is 24.1 Å². The van der Waals surface area contributed by atoms with Crippen molar-refractivity contribution in [1.82, 2.24) is 9.97 Å². The molecule has 1 N–H and O–H groups in total. The minimum atomic E-state index is -0.0338. The maximum absolute atomic E-state index is 12.5. The molecule has 0 bridgehead atoms. The van der Waals surface area contributed by atoms with Crippen molar-refractivity contribution < 1.29 is 4.79 Å². The van der Waals surface area contributed by atoms with Crippen molar-refractivity contribution in [2.45, 2.75) is 33.1 Å². The number of carbonyl (C=O) groups excluding carboxylic acids is 1. The van der Waals surface area contributed by atoms with E-state index < -0.39 is 0 Å². The molecule has 0 aliphatic rings. The molecule has 0 aliphatic carbocycles. The Morgan fingerprint density at radius 1 is 1.08 bits per heavy atom. The van der Waals surface area contributed by atoms with Crippen LogP contribution in [0.25, 0.3) is 10.7 Å². The number of nitrogens with one attached hydrogen (secondary N) is 1.